The number of aryl methyl sites for hydroxylation is 2. The van der Waals surface area contributed by atoms with Gasteiger partial charge in [-0.05, 0) is 48.2 Å². The summed E-state index contributed by atoms with van der Waals surface area (Å²) < 4.78 is 3.39. The Kier molecular flexibility index (Phi) is 7.08. The number of aromatic amines is 1. The molecule has 0 spiro atoms. The Morgan fingerprint density at radius 1 is 1.00 bits per heavy atom. The van der Waals surface area contributed by atoms with Gasteiger partial charge in [0.05, 0.1) is 17.9 Å². The van der Waals surface area contributed by atoms with E-state index in [2.05, 4.69) is 32.5 Å². The number of nitrogens with one attached hydrogen (secondary N) is 1. The summed E-state index contributed by atoms with van der Waals surface area (Å²) in [6.45, 7) is 5.98. The molecule has 0 aliphatic carbocycles. The van der Waals surface area contributed by atoms with Crippen LogP contribution in [0.15, 0.2) is 71.8 Å². The van der Waals surface area contributed by atoms with E-state index >= 15 is 0 Å². The van der Waals surface area contributed by atoms with Gasteiger partial charge in [-0.3, -0.25) is 18.9 Å². The number of carbonyl (C=O) groups excluding carboxylic acids is 1. The van der Waals surface area contributed by atoms with Gasteiger partial charge >= 0.3 is 5.69 Å². The smallest absolute Gasteiger partial charge is 0.294 e. The van der Waals surface area contributed by atoms with Crippen LogP contribution in [0.25, 0.3) is 28.2 Å². The van der Waals surface area contributed by atoms with Gasteiger partial charge in [-0.2, -0.15) is 5.21 Å². The average molecular weight is 508 g/mol. The minimum Gasteiger partial charge on any atom is -0.294 e. The van der Waals surface area contributed by atoms with Crippen molar-refractivity contribution in [1.29, 1.82) is 0 Å². The Bertz CT molecular complexity index is 1630. The van der Waals surface area contributed by atoms with Crippen molar-refractivity contribution >= 4 is 5.78 Å². The summed E-state index contributed by atoms with van der Waals surface area (Å²) in [4.78, 5) is 30.9. The molecule has 0 radical (unpaired) electrons. The number of para-hydroxylation sites is 1. The molecule has 5 aromatic rings. The molecule has 3 aromatic heterocycles. The lowest BCUT2D eigenvalue weighted by Gasteiger charge is -2.12. The van der Waals surface area contributed by atoms with Gasteiger partial charge in [0.15, 0.2) is 5.78 Å². The average Bonchev–Trinajstić information content (AvgIpc) is 3.58. The van der Waals surface area contributed by atoms with Crippen molar-refractivity contribution < 1.29 is 4.79 Å². The van der Waals surface area contributed by atoms with E-state index in [9.17, 15) is 9.59 Å². The lowest BCUT2D eigenvalue weighted by Crippen LogP contribution is -2.26. The highest BCUT2D eigenvalue weighted by molar-refractivity contribution is 5.98. The molecular weight excluding hydrogens is 478 g/mol. The zero-order chi connectivity index (χ0) is 26.6. The first-order chi connectivity index (χ1) is 18.5. The molecule has 0 aliphatic rings. The summed E-state index contributed by atoms with van der Waals surface area (Å²) >= 11 is 0. The third kappa shape index (κ3) is 4.70. The second-order valence-corrected chi connectivity index (χ2v) is 9.15. The largest absolute Gasteiger partial charge is 0.333 e. The lowest BCUT2D eigenvalue weighted by atomic mass is 10.0. The molecule has 3 heterocycles. The Hall–Kier alpha value is -4.66. The predicted octanol–water partition coefficient (Wildman–Crippen LogP) is 4.65. The van der Waals surface area contributed by atoms with Crippen molar-refractivity contribution in [1.82, 2.24) is 34.7 Å². The number of Topliss-reactive ketones (excluding diaryl/α,β-unsaturated/α-hetero) is 1. The predicted molar refractivity (Wildman–Crippen MR) is 145 cm³/mol. The summed E-state index contributed by atoms with van der Waals surface area (Å²) in [6.07, 6.45) is 6.02. The quantitative estimate of drug-likeness (QED) is 0.291. The van der Waals surface area contributed by atoms with Crippen LogP contribution in [0.3, 0.4) is 0 Å². The van der Waals surface area contributed by atoms with Crippen LogP contribution in [0.1, 0.15) is 54.5 Å². The van der Waals surface area contributed by atoms with Crippen LogP contribution in [-0.2, 0) is 19.4 Å². The maximum absolute atomic E-state index is 13.7. The second-order valence-electron chi connectivity index (χ2n) is 9.15. The Morgan fingerprint density at radius 2 is 1.82 bits per heavy atom. The molecule has 0 saturated carbocycles. The molecule has 0 amide bonds. The molecule has 0 saturated heterocycles. The fourth-order valence-electron chi connectivity index (χ4n) is 4.80. The number of ketones is 1. The molecule has 0 atom stereocenters. The van der Waals surface area contributed by atoms with Gasteiger partial charge in [-0.15, -0.1) is 10.2 Å². The number of imidazole rings is 1. The number of hydrogen-bond acceptors (Lipinski definition) is 6. The first-order valence-corrected chi connectivity index (χ1v) is 12.7. The summed E-state index contributed by atoms with van der Waals surface area (Å²) in [7, 11) is 0. The molecule has 5 rings (SSSR count). The van der Waals surface area contributed by atoms with Crippen molar-refractivity contribution in [2.75, 3.05) is 0 Å². The number of nitrogens with zero attached hydrogens (tertiary/aromatic N) is 6. The van der Waals surface area contributed by atoms with E-state index in [4.69, 9.17) is 0 Å². The molecule has 192 valence electrons. The summed E-state index contributed by atoms with van der Waals surface area (Å²) in [5, 5.41) is 14.4. The van der Waals surface area contributed by atoms with E-state index < -0.39 is 0 Å². The highest BCUT2D eigenvalue weighted by atomic mass is 16.2. The van der Waals surface area contributed by atoms with Crippen LogP contribution in [-0.4, -0.2) is 40.5 Å². The number of pyridine rings is 1. The zero-order valence-electron chi connectivity index (χ0n) is 21.7. The van der Waals surface area contributed by atoms with E-state index in [-0.39, 0.29) is 11.5 Å². The fourth-order valence-corrected chi connectivity index (χ4v) is 4.80. The second kappa shape index (κ2) is 10.8. The van der Waals surface area contributed by atoms with Crippen LogP contribution in [0.4, 0.5) is 0 Å². The monoisotopic (exact) mass is 507 g/mol. The molecule has 9 heteroatoms. The van der Waals surface area contributed by atoms with Crippen molar-refractivity contribution in [2.24, 2.45) is 0 Å². The number of benzene rings is 2. The van der Waals surface area contributed by atoms with Gasteiger partial charge in [-0.25, -0.2) is 4.79 Å². The molecule has 0 fully saturated rings. The van der Waals surface area contributed by atoms with Gasteiger partial charge in [0, 0.05) is 34.8 Å². The van der Waals surface area contributed by atoms with Crippen molar-refractivity contribution in [3.63, 3.8) is 0 Å². The maximum Gasteiger partial charge on any atom is 0.333 e. The van der Waals surface area contributed by atoms with Gasteiger partial charge in [-0.1, -0.05) is 62.7 Å². The molecule has 0 bridgehead atoms. The Morgan fingerprint density at radius 3 is 2.47 bits per heavy atom. The summed E-state index contributed by atoms with van der Waals surface area (Å²) in [5.41, 5.74) is 6.38. The molecule has 0 aliphatic heterocycles. The topological polar surface area (TPSA) is 111 Å². The van der Waals surface area contributed by atoms with Crippen molar-refractivity contribution in [2.45, 2.75) is 46.6 Å². The number of tetrazole rings is 1. The van der Waals surface area contributed by atoms with Crippen LogP contribution in [0, 0.1) is 0 Å². The number of H-pyrrole nitrogens is 1. The summed E-state index contributed by atoms with van der Waals surface area (Å²) in [6, 6.07) is 17.4. The number of carbonyl (C=O) groups is 1. The number of rotatable bonds is 9. The van der Waals surface area contributed by atoms with E-state index in [1.165, 1.54) is 6.92 Å². The maximum atomic E-state index is 13.7. The number of aromatic nitrogens is 7. The van der Waals surface area contributed by atoms with E-state index in [0.29, 0.717) is 30.0 Å². The van der Waals surface area contributed by atoms with Crippen LogP contribution in [0.5, 0.6) is 0 Å². The van der Waals surface area contributed by atoms with E-state index in [0.717, 1.165) is 46.5 Å². The third-order valence-electron chi connectivity index (χ3n) is 6.66. The van der Waals surface area contributed by atoms with Gasteiger partial charge in [0.2, 0.25) is 5.82 Å². The SMILES string of the molecule is CCCc1cn(-c2c(CC)cccc2C(C)=O)c(=O)n1Cc1ccc(-c2ccccc2-c2nn[nH]n2)cn1. The molecule has 2 aromatic carbocycles. The fraction of sp³-hybridized carbons (Fsp3) is 0.241. The highest BCUT2D eigenvalue weighted by Crippen LogP contribution is 2.29. The van der Waals surface area contributed by atoms with E-state index in [1.807, 2.05) is 61.7 Å². The zero-order valence-corrected chi connectivity index (χ0v) is 21.7. The molecule has 9 nitrogen and oxygen atoms in total. The van der Waals surface area contributed by atoms with Crippen molar-refractivity contribution in [3.8, 4) is 28.2 Å². The molecular formula is C29H29N7O2. The van der Waals surface area contributed by atoms with Crippen LogP contribution < -0.4 is 5.69 Å². The molecule has 38 heavy (non-hydrogen) atoms. The highest BCUT2D eigenvalue weighted by Gasteiger charge is 2.19. The normalized spacial score (nSPS) is 11.1. The van der Waals surface area contributed by atoms with Crippen LogP contribution >= 0.6 is 0 Å². The van der Waals surface area contributed by atoms with Gasteiger partial charge in [0.25, 0.3) is 0 Å². The molecule has 0 unspecified atom stereocenters. The van der Waals surface area contributed by atoms with E-state index in [1.54, 1.807) is 21.4 Å². The summed E-state index contributed by atoms with van der Waals surface area (Å²) in [5.74, 6) is 0.449. The Labute approximate surface area is 220 Å². The number of hydrogen-bond donors (Lipinski definition) is 1. The first kappa shape index (κ1) is 25.0. The lowest BCUT2D eigenvalue weighted by molar-refractivity contribution is 0.101. The van der Waals surface area contributed by atoms with Crippen LogP contribution in [0.2, 0.25) is 0 Å². The Balaban J connectivity index is 1.52. The van der Waals surface area contributed by atoms with Crippen molar-refractivity contribution in [3.05, 3.63) is 100.0 Å². The molecule has 1 N–H and O–H groups in total. The third-order valence-corrected chi connectivity index (χ3v) is 6.66. The minimum atomic E-state index is -0.176. The van der Waals surface area contributed by atoms with Gasteiger partial charge < -0.3 is 0 Å². The standard InChI is InChI=1S/C29H29N7O2/c1-4-9-23-18-36(27-20(5-2)10-8-13-24(27)19(3)37)29(38)35(23)17-22-15-14-21(16-30-22)25-11-6-7-12-26(25)28-31-33-34-32-28/h6-8,10-16,18H,4-5,9,17H2,1-3H3,(H,31,32,33,34). The van der Waals surface area contributed by atoms with Gasteiger partial charge in [0.1, 0.15) is 0 Å². The minimum absolute atomic E-state index is 0.0645. The first-order valence-electron chi connectivity index (χ1n) is 12.7.